The van der Waals surface area contributed by atoms with Crippen LogP contribution in [0, 0.1) is 0 Å². The summed E-state index contributed by atoms with van der Waals surface area (Å²) in [6, 6.07) is 1.00. The van der Waals surface area contributed by atoms with E-state index in [4.69, 9.17) is 0 Å². The van der Waals surface area contributed by atoms with Crippen molar-refractivity contribution in [1.82, 2.24) is 5.32 Å². The van der Waals surface area contributed by atoms with E-state index in [1.165, 1.54) is 5.70 Å². The van der Waals surface area contributed by atoms with Gasteiger partial charge in [-0.05, 0) is 0 Å². The second kappa shape index (κ2) is 6.03. The molecular formula is C12H20Cl2NOSiTi. The van der Waals surface area contributed by atoms with E-state index in [0.29, 0.717) is 6.61 Å². The van der Waals surface area contributed by atoms with Crippen LogP contribution < -0.4 is 30.1 Å². The molecule has 1 aliphatic heterocycles. The fourth-order valence-corrected chi connectivity index (χ4v) is 9.02. The summed E-state index contributed by atoms with van der Waals surface area (Å²) in [4.78, 5) is 0. The van der Waals surface area contributed by atoms with Gasteiger partial charge in [0.1, 0.15) is 0 Å². The maximum Gasteiger partial charge on any atom is -1.00 e. The fraction of sp³-hybridized carbons (Fsp3) is 0.667. The second-order valence-electron chi connectivity index (χ2n) is 6.06. The molecule has 2 nitrogen and oxygen atoms in total. The number of allylic oxidation sites excluding steroid dienone is 3. The maximum absolute atomic E-state index is 9.17. The first-order chi connectivity index (χ1) is 7.29. The molecular weight excluding hydrogens is 321 g/mol. The Morgan fingerprint density at radius 1 is 1.28 bits per heavy atom. The van der Waals surface area contributed by atoms with E-state index < -0.39 is 8.07 Å². The Morgan fingerprint density at radius 2 is 1.83 bits per heavy atom. The van der Waals surface area contributed by atoms with Crippen molar-refractivity contribution in [2.24, 2.45) is 0 Å². The van der Waals surface area contributed by atoms with Crippen LogP contribution in [0.2, 0.25) is 12.6 Å². The van der Waals surface area contributed by atoms with Gasteiger partial charge in [0.15, 0.2) is 0 Å². The molecule has 1 aliphatic carbocycles. The molecule has 0 saturated carbocycles. The van der Waals surface area contributed by atoms with Gasteiger partial charge in [0.2, 0.25) is 0 Å². The summed E-state index contributed by atoms with van der Waals surface area (Å²) < 4.78 is 1.55. The van der Waals surface area contributed by atoms with E-state index in [9.17, 15) is 5.11 Å². The van der Waals surface area contributed by atoms with Gasteiger partial charge in [0, 0.05) is 0 Å². The number of aliphatic hydroxyl groups excluding tert-OH is 1. The minimum absolute atomic E-state index is 0. The summed E-state index contributed by atoms with van der Waals surface area (Å²) in [5.74, 6) is 0. The van der Waals surface area contributed by atoms with E-state index in [1.54, 1.807) is 14.3 Å². The molecule has 0 aromatic carbocycles. The number of halogens is 2. The number of fused-ring (bicyclic) bond motifs is 1. The standard InChI is InChI=1S/C12H20NOSi.2ClH.Ti/c1-12(2,3)13-9-5-6-10-11(9)15(10,4)8-7-14;;;/h13-14H,5,7-8H2,1-4H3;2*1H;/q;;;+2/p-2. The molecule has 0 bridgehead atoms. The smallest absolute Gasteiger partial charge is 1.00 e. The molecule has 0 amide bonds. The molecule has 1 unspecified atom stereocenters. The van der Waals surface area contributed by atoms with Crippen LogP contribution in [0.25, 0.3) is 0 Å². The number of hydrogen-bond donors (Lipinski definition) is 2. The van der Waals surface area contributed by atoms with Crippen LogP contribution in [-0.2, 0) is 20.4 Å². The number of hydrogen-bond acceptors (Lipinski definition) is 2. The molecule has 0 aromatic heterocycles. The Kier molecular flexibility index (Phi) is 6.28. The summed E-state index contributed by atoms with van der Waals surface area (Å²) in [5, 5.41) is 16.1. The zero-order valence-electron chi connectivity index (χ0n) is 11.3. The normalized spacial score (nSPS) is 25.5. The van der Waals surface area contributed by atoms with Gasteiger partial charge < -0.3 is 24.8 Å². The zero-order chi connectivity index (χ0) is 12.1. The van der Waals surface area contributed by atoms with Crippen LogP contribution in [0.3, 0.4) is 0 Å². The van der Waals surface area contributed by atoms with Crippen LogP contribution >= 0.6 is 0 Å². The van der Waals surface area contributed by atoms with Crippen molar-refractivity contribution in [3.63, 3.8) is 0 Å². The van der Waals surface area contributed by atoms with Crippen molar-refractivity contribution in [1.29, 1.82) is 0 Å². The second-order valence-corrected chi connectivity index (χ2v) is 11.2. The molecule has 1 heterocycles. The molecule has 0 aromatic rings. The number of rotatable bonds is 3. The predicted molar refractivity (Wildman–Crippen MR) is 65.1 cm³/mol. The number of nitrogens with one attached hydrogen (secondary N) is 1. The molecule has 18 heavy (non-hydrogen) atoms. The molecule has 0 spiro atoms. The van der Waals surface area contributed by atoms with Gasteiger partial charge in [-0.15, -0.1) is 0 Å². The minimum Gasteiger partial charge on any atom is -1.00 e. The molecule has 1 fully saturated rings. The van der Waals surface area contributed by atoms with Crippen molar-refractivity contribution in [2.45, 2.75) is 45.3 Å². The topological polar surface area (TPSA) is 32.3 Å². The van der Waals surface area contributed by atoms with E-state index in [2.05, 4.69) is 53.1 Å². The van der Waals surface area contributed by atoms with E-state index in [-0.39, 0.29) is 30.4 Å². The van der Waals surface area contributed by atoms with Gasteiger partial charge in [-0.3, -0.25) is 0 Å². The van der Waals surface area contributed by atoms with Gasteiger partial charge in [0.25, 0.3) is 0 Å². The predicted octanol–water partition coefficient (Wildman–Crippen LogP) is -4.00. The van der Waals surface area contributed by atoms with Crippen LogP contribution in [0.15, 0.2) is 20.0 Å². The molecule has 1 saturated heterocycles. The van der Waals surface area contributed by atoms with Crippen molar-refractivity contribution in [3.8, 4) is 0 Å². The third-order valence-electron chi connectivity index (χ3n) is 3.39. The van der Waals surface area contributed by atoms with Crippen molar-refractivity contribution in [2.75, 3.05) is 6.61 Å². The van der Waals surface area contributed by atoms with Crippen LogP contribution in [0.1, 0.15) is 27.2 Å². The summed E-state index contributed by atoms with van der Waals surface area (Å²) in [7, 11) is -1.33. The van der Waals surface area contributed by atoms with Gasteiger partial charge in [0.05, 0.1) is 0 Å². The Morgan fingerprint density at radius 3 is 2.28 bits per heavy atom. The quantitative estimate of drug-likeness (QED) is 0.513. The van der Waals surface area contributed by atoms with Crippen molar-refractivity contribution in [3.05, 3.63) is 20.0 Å². The Labute approximate surface area is 135 Å². The molecule has 101 valence electrons. The minimum atomic E-state index is -1.33. The zero-order valence-corrected chi connectivity index (χ0v) is 15.4. The summed E-state index contributed by atoms with van der Waals surface area (Å²) in [6.45, 7) is 9.36. The first-order valence-corrected chi connectivity index (χ1v) is 9.36. The SMILES string of the molecule is CC(C)(C)NC1=C2C(=[C]([Ti+2])C1)[Si]2(C)CCO.[Cl-].[Cl-]. The van der Waals surface area contributed by atoms with Gasteiger partial charge in [-0.25, -0.2) is 0 Å². The van der Waals surface area contributed by atoms with Crippen LogP contribution in [0.4, 0.5) is 0 Å². The number of aliphatic hydroxyl groups is 1. The van der Waals surface area contributed by atoms with Crippen LogP contribution in [-0.4, -0.2) is 25.3 Å². The van der Waals surface area contributed by atoms with Gasteiger partial charge in [-0.1, -0.05) is 0 Å². The average molecular weight is 341 g/mol. The summed E-state index contributed by atoms with van der Waals surface area (Å²) in [6.07, 6.45) is 1.11. The first-order valence-electron chi connectivity index (χ1n) is 5.88. The van der Waals surface area contributed by atoms with Gasteiger partial charge in [-0.2, -0.15) is 0 Å². The Bertz CT molecular complexity index is 403. The maximum atomic E-state index is 9.17. The van der Waals surface area contributed by atoms with Crippen molar-refractivity contribution < 1.29 is 50.4 Å². The van der Waals surface area contributed by atoms with Crippen molar-refractivity contribution >= 4 is 8.07 Å². The van der Waals surface area contributed by atoms with E-state index in [0.717, 1.165) is 12.5 Å². The Balaban J connectivity index is 0.00000144. The first kappa shape index (κ1) is 18.8. The summed E-state index contributed by atoms with van der Waals surface area (Å²) >= 11 is 2.25. The monoisotopic (exact) mass is 340 g/mol. The molecule has 0 radical (unpaired) electrons. The molecule has 1 atom stereocenters. The largest absolute Gasteiger partial charge is 1.00 e. The third kappa shape index (κ3) is 3.25. The summed E-state index contributed by atoms with van der Waals surface area (Å²) in [5.41, 5.74) is 1.59. The molecule has 2 N–H and O–H groups in total. The molecule has 2 rings (SSSR count). The van der Waals surface area contributed by atoms with E-state index in [1.807, 2.05) is 0 Å². The van der Waals surface area contributed by atoms with E-state index >= 15 is 0 Å². The Hall–Kier alpha value is 0.751. The average Bonchev–Trinajstić information content (AvgIpc) is 2.53. The fourth-order valence-electron chi connectivity index (χ4n) is 2.77. The molecule has 6 heteroatoms. The molecule has 2 aliphatic rings. The van der Waals surface area contributed by atoms with Gasteiger partial charge >= 0.3 is 111 Å². The van der Waals surface area contributed by atoms with Crippen LogP contribution in [0.5, 0.6) is 0 Å². The third-order valence-corrected chi connectivity index (χ3v) is 8.73.